The summed E-state index contributed by atoms with van der Waals surface area (Å²) in [6, 6.07) is 0. The molecule has 1 aliphatic rings. The summed E-state index contributed by atoms with van der Waals surface area (Å²) in [5, 5.41) is 0. The third-order valence-corrected chi connectivity index (χ3v) is 3.00. The molecule has 0 aromatic heterocycles. The zero-order valence-electron chi connectivity index (χ0n) is 9.67. The molecule has 1 saturated heterocycles. The van der Waals surface area contributed by atoms with Gasteiger partial charge in [-0.25, -0.2) is 0 Å². The van der Waals surface area contributed by atoms with E-state index in [1.807, 2.05) is 6.08 Å². The zero-order valence-corrected chi connectivity index (χ0v) is 9.67. The Morgan fingerprint density at radius 1 is 1.64 bits per heavy atom. The molecular formula is C12H21O2-. The first kappa shape index (κ1) is 11.7. The summed E-state index contributed by atoms with van der Waals surface area (Å²) >= 11 is 0. The van der Waals surface area contributed by atoms with Crippen molar-refractivity contribution in [1.29, 1.82) is 0 Å². The average Bonchev–Trinajstić information content (AvgIpc) is 2.43. The molecule has 2 nitrogen and oxygen atoms in total. The van der Waals surface area contributed by atoms with Gasteiger partial charge < -0.3 is 9.47 Å². The normalized spacial score (nSPS) is 37.8. The van der Waals surface area contributed by atoms with Crippen LogP contribution in [0.25, 0.3) is 0 Å². The van der Waals surface area contributed by atoms with Gasteiger partial charge in [-0.15, -0.1) is 6.58 Å². The molecule has 3 atom stereocenters. The van der Waals surface area contributed by atoms with Crippen LogP contribution in [0.5, 0.6) is 0 Å². The Kier molecular flexibility index (Phi) is 3.73. The third kappa shape index (κ3) is 2.18. The molecule has 0 aromatic rings. The van der Waals surface area contributed by atoms with E-state index >= 15 is 0 Å². The van der Waals surface area contributed by atoms with E-state index in [-0.39, 0.29) is 17.8 Å². The highest BCUT2D eigenvalue weighted by atomic mass is 16.6. The van der Waals surface area contributed by atoms with Crippen molar-refractivity contribution in [3.8, 4) is 0 Å². The molecule has 1 aliphatic heterocycles. The average molecular weight is 197 g/mol. The van der Waals surface area contributed by atoms with Crippen LogP contribution in [0.2, 0.25) is 0 Å². The van der Waals surface area contributed by atoms with Crippen LogP contribution >= 0.6 is 0 Å². The highest BCUT2D eigenvalue weighted by molar-refractivity contribution is 5.04. The molecule has 0 spiro atoms. The standard InChI is InChI=1S/C12H21O2/c1-6-7-12(4)11(13-5)8-10(14-12)9(2)3/h6,10-11H,1,7-8H2,2-5H3/q-1. The SMILES string of the molecule is C=CCC1(C)OC([C-](C)C)CC1OC. The highest BCUT2D eigenvalue weighted by Crippen LogP contribution is 2.38. The Morgan fingerprint density at radius 3 is 2.71 bits per heavy atom. The van der Waals surface area contributed by atoms with Gasteiger partial charge in [-0.2, -0.15) is 13.8 Å². The molecule has 1 fully saturated rings. The molecule has 0 radical (unpaired) electrons. The number of methoxy groups -OCH3 is 1. The van der Waals surface area contributed by atoms with Gasteiger partial charge in [0.05, 0.1) is 11.7 Å². The van der Waals surface area contributed by atoms with Crippen molar-refractivity contribution >= 4 is 0 Å². The minimum atomic E-state index is -0.196. The predicted molar refractivity (Wildman–Crippen MR) is 58.1 cm³/mol. The highest BCUT2D eigenvalue weighted by Gasteiger charge is 2.41. The molecule has 2 heteroatoms. The van der Waals surface area contributed by atoms with Gasteiger partial charge in [-0.05, 0) is 19.8 Å². The van der Waals surface area contributed by atoms with Crippen molar-refractivity contribution in [3.63, 3.8) is 0 Å². The fourth-order valence-electron chi connectivity index (χ4n) is 2.06. The maximum atomic E-state index is 6.02. The number of hydrogen-bond acceptors (Lipinski definition) is 2. The zero-order chi connectivity index (χ0) is 10.8. The van der Waals surface area contributed by atoms with Gasteiger partial charge >= 0.3 is 0 Å². The summed E-state index contributed by atoms with van der Waals surface area (Å²) in [5.74, 6) is 1.32. The Balaban J connectivity index is 2.70. The summed E-state index contributed by atoms with van der Waals surface area (Å²) in [7, 11) is 1.75. The van der Waals surface area contributed by atoms with Gasteiger partial charge in [0, 0.05) is 7.11 Å². The first-order valence-electron chi connectivity index (χ1n) is 5.15. The van der Waals surface area contributed by atoms with Crippen LogP contribution in [0, 0.1) is 5.92 Å². The molecule has 0 aromatic carbocycles. The van der Waals surface area contributed by atoms with Crippen LogP contribution in [0.4, 0.5) is 0 Å². The Labute approximate surface area is 87.3 Å². The minimum absolute atomic E-state index is 0.181. The minimum Gasteiger partial charge on any atom is -0.400 e. The van der Waals surface area contributed by atoms with Crippen molar-refractivity contribution in [2.75, 3.05) is 7.11 Å². The molecule has 82 valence electrons. The molecule has 0 saturated carbocycles. The van der Waals surface area contributed by atoms with E-state index in [1.54, 1.807) is 7.11 Å². The van der Waals surface area contributed by atoms with Crippen LogP contribution in [0.3, 0.4) is 0 Å². The smallest absolute Gasteiger partial charge is 0.0917 e. The van der Waals surface area contributed by atoms with Crippen LogP contribution in [0.15, 0.2) is 12.7 Å². The van der Waals surface area contributed by atoms with E-state index in [0.29, 0.717) is 0 Å². The molecule has 1 heterocycles. The topological polar surface area (TPSA) is 18.5 Å². The molecule has 3 unspecified atom stereocenters. The van der Waals surface area contributed by atoms with Gasteiger partial charge in [0.1, 0.15) is 0 Å². The molecule has 0 bridgehead atoms. The quantitative estimate of drug-likeness (QED) is 0.509. The summed E-state index contributed by atoms with van der Waals surface area (Å²) in [6.07, 6.45) is 4.13. The Bertz CT molecular complexity index is 200. The van der Waals surface area contributed by atoms with E-state index in [2.05, 4.69) is 27.4 Å². The maximum absolute atomic E-state index is 6.02. The monoisotopic (exact) mass is 197 g/mol. The Hall–Kier alpha value is -0.340. The van der Waals surface area contributed by atoms with E-state index in [9.17, 15) is 0 Å². The van der Waals surface area contributed by atoms with E-state index in [0.717, 1.165) is 12.8 Å². The van der Waals surface area contributed by atoms with Crippen molar-refractivity contribution in [2.45, 2.75) is 51.4 Å². The lowest BCUT2D eigenvalue weighted by Gasteiger charge is -2.32. The Morgan fingerprint density at radius 2 is 2.29 bits per heavy atom. The van der Waals surface area contributed by atoms with E-state index in [4.69, 9.17) is 9.47 Å². The van der Waals surface area contributed by atoms with Crippen molar-refractivity contribution in [2.24, 2.45) is 0 Å². The van der Waals surface area contributed by atoms with Crippen LogP contribution in [-0.2, 0) is 9.47 Å². The maximum Gasteiger partial charge on any atom is 0.0917 e. The summed E-state index contributed by atoms with van der Waals surface area (Å²) in [4.78, 5) is 0. The van der Waals surface area contributed by atoms with Gasteiger partial charge in [-0.1, -0.05) is 12.2 Å². The predicted octanol–water partition coefficient (Wildman–Crippen LogP) is 2.74. The van der Waals surface area contributed by atoms with Gasteiger partial charge in [0.25, 0.3) is 0 Å². The lowest BCUT2D eigenvalue weighted by Crippen LogP contribution is -2.36. The second-order valence-electron chi connectivity index (χ2n) is 4.45. The second-order valence-corrected chi connectivity index (χ2v) is 4.45. The summed E-state index contributed by atoms with van der Waals surface area (Å²) in [6.45, 7) is 10.1. The van der Waals surface area contributed by atoms with Crippen molar-refractivity contribution < 1.29 is 9.47 Å². The fraction of sp³-hybridized carbons (Fsp3) is 0.750. The third-order valence-electron chi connectivity index (χ3n) is 3.00. The number of rotatable bonds is 4. The summed E-state index contributed by atoms with van der Waals surface area (Å²) < 4.78 is 11.5. The van der Waals surface area contributed by atoms with E-state index in [1.165, 1.54) is 5.92 Å². The molecule has 0 amide bonds. The van der Waals surface area contributed by atoms with Gasteiger partial charge in [0.2, 0.25) is 0 Å². The first-order chi connectivity index (χ1) is 6.53. The molecule has 0 aliphatic carbocycles. The second kappa shape index (κ2) is 4.45. The van der Waals surface area contributed by atoms with Gasteiger partial charge in [-0.3, -0.25) is 5.92 Å². The first-order valence-corrected chi connectivity index (χ1v) is 5.15. The van der Waals surface area contributed by atoms with Crippen molar-refractivity contribution in [1.82, 2.24) is 0 Å². The molecular weight excluding hydrogens is 176 g/mol. The van der Waals surface area contributed by atoms with Crippen molar-refractivity contribution in [3.05, 3.63) is 18.6 Å². The summed E-state index contributed by atoms with van der Waals surface area (Å²) in [5.41, 5.74) is -0.196. The lowest BCUT2D eigenvalue weighted by atomic mass is 9.93. The fourth-order valence-corrected chi connectivity index (χ4v) is 2.06. The van der Waals surface area contributed by atoms with Crippen LogP contribution < -0.4 is 0 Å². The largest absolute Gasteiger partial charge is 0.400 e. The molecule has 14 heavy (non-hydrogen) atoms. The van der Waals surface area contributed by atoms with Gasteiger partial charge in [0.15, 0.2) is 0 Å². The van der Waals surface area contributed by atoms with Crippen LogP contribution in [-0.4, -0.2) is 24.9 Å². The molecule has 0 N–H and O–H groups in total. The lowest BCUT2D eigenvalue weighted by molar-refractivity contribution is -0.0749. The van der Waals surface area contributed by atoms with Crippen LogP contribution in [0.1, 0.15) is 33.6 Å². The number of hydrogen-bond donors (Lipinski definition) is 0. The molecule has 1 rings (SSSR count). The number of ether oxygens (including phenoxy) is 2. The van der Waals surface area contributed by atoms with E-state index < -0.39 is 0 Å².